The van der Waals surface area contributed by atoms with Crippen LogP contribution in [-0.2, 0) is 9.47 Å². The van der Waals surface area contributed by atoms with E-state index in [9.17, 15) is 9.59 Å². The van der Waals surface area contributed by atoms with Crippen molar-refractivity contribution < 1.29 is 19.1 Å². The van der Waals surface area contributed by atoms with Gasteiger partial charge in [-0.2, -0.15) is 5.10 Å². The fourth-order valence-corrected chi connectivity index (χ4v) is 2.19. The van der Waals surface area contributed by atoms with E-state index in [1.165, 1.54) is 18.1 Å². The van der Waals surface area contributed by atoms with E-state index in [1.807, 2.05) is 20.8 Å². The number of esters is 1. The van der Waals surface area contributed by atoms with E-state index in [4.69, 9.17) is 4.74 Å². The molecule has 21 heavy (non-hydrogen) atoms. The highest BCUT2D eigenvalue weighted by Crippen LogP contribution is 2.23. The molecule has 1 aliphatic rings. The molecule has 0 aromatic carbocycles. The molecule has 0 bridgehead atoms. The van der Waals surface area contributed by atoms with Crippen LogP contribution in [0.4, 0.5) is 4.79 Å². The SMILES string of the molecule is COC(=O)c1ncnn1C1CCN(C(=O)OC(C)(C)C)C1. The minimum atomic E-state index is -0.539. The second-order valence-corrected chi connectivity index (χ2v) is 5.89. The second kappa shape index (κ2) is 5.71. The highest BCUT2D eigenvalue weighted by atomic mass is 16.6. The van der Waals surface area contributed by atoms with E-state index in [0.717, 1.165) is 0 Å². The van der Waals surface area contributed by atoms with Gasteiger partial charge in [0.2, 0.25) is 5.82 Å². The van der Waals surface area contributed by atoms with Crippen LogP contribution in [0.2, 0.25) is 0 Å². The fourth-order valence-electron chi connectivity index (χ4n) is 2.19. The molecule has 2 rings (SSSR count). The van der Waals surface area contributed by atoms with Gasteiger partial charge in [-0.1, -0.05) is 0 Å². The lowest BCUT2D eigenvalue weighted by molar-refractivity contribution is 0.0288. The molecular weight excluding hydrogens is 276 g/mol. The zero-order valence-electron chi connectivity index (χ0n) is 12.7. The summed E-state index contributed by atoms with van der Waals surface area (Å²) in [5.74, 6) is -0.392. The number of aromatic nitrogens is 3. The van der Waals surface area contributed by atoms with Crippen molar-refractivity contribution in [3.63, 3.8) is 0 Å². The summed E-state index contributed by atoms with van der Waals surface area (Å²) < 4.78 is 11.5. The maximum atomic E-state index is 12.0. The molecule has 0 N–H and O–H groups in total. The van der Waals surface area contributed by atoms with E-state index in [-0.39, 0.29) is 18.0 Å². The quantitative estimate of drug-likeness (QED) is 0.763. The first kappa shape index (κ1) is 15.3. The van der Waals surface area contributed by atoms with Crippen molar-refractivity contribution in [2.24, 2.45) is 0 Å². The first-order valence-corrected chi connectivity index (χ1v) is 6.77. The first-order valence-electron chi connectivity index (χ1n) is 6.77. The standard InChI is InChI=1S/C13H20N4O4/c1-13(2,3)21-12(19)16-6-5-9(7-16)17-10(11(18)20-4)14-8-15-17/h8-9H,5-7H2,1-4H3. The summed E-state index contributed by atoms with van der Waals surface area (Å²) in [4.78, 5) is 29.1. The zero-order valence-corrected chi connectivity index (χ0v) is 12.7. The summed E-state index contributed by atoms with van der Waals surface area (Å²) in [5, 5.41) is 4.06. The third-order valence-electron chi connectivity index (χ3n) is 3.10. The van der Waals surface area contributed by atoms with Crippen LogP contribution in [0.25, 0.3) is 0 Å². The van der Waals surface area contributed by atoms with Crippen molar-refractivity contribution in [3.8, 4) is 0 Å². The molecule has 8 heteroatoms. The lowest BCUT2D eigenvalue weighted by atomic mass is 10.2. The zero-order chi connectivity index (χ0) is 15.6. The van der Waals surface area contributed by atoms with E-state index >= 15 is 0 Å². The van der Waals surface area contributed by atoms with Crippen LogP contribution in [0.15, 0.2) is 6.33 Å². The lowest BCUT2D eigenvalue weighted by Gasteiger charge is -2.24. The molecule has 1 fully saturated rings. The molecule has 1 amide bonds. The van der Waals surface area contributed by atoms with Crippen LogP contribution in [0.3, 0.4) is 0 Å². The summed E-state index contributed by atoms with van der Waals surface area (Å²) in [6.07, 6.45) is 1.64. The number of carbonyl (C=O) groups is 2. The summed E-state index contributed by atoms with van der Waals surface area (Å²) in [6, 6.07) is -0.103. The smallest absolute Gasteiger partial charge is 0.410 e. The monoisotopic (exact) mass is 296 g/mol. The number of carbonyl (C=O) groups excluding carboxylic acids is 2. The predicted octanol–water partition coefficient (Wildman–Crippen LogP) is 1.25. The number of hydrogen-bond acceptors (Lipinski definition) is 6. The van der Waals surface area contributed by atoms with Crippen LogP contribution in [-0.4, -0.2) is 57.5 Å². The van der Waals surface area contributed by atoms with Crippen LogP contribution in [0.1, 0.15) is 43.9 Å². The number of rotatable bonds is 2. The number of hydrogen-bond donors (Lipinski definition) is 0. The molecule has 2 heterocycles. The van der Waals surface area contributed by atoms with E-state index in [1.54, 1.807) is 4.90 Å². The molecule has 0 aliphatic carbocycles. The summed E-state index contributed by atoms with van der Waals surface area (Å²) in [6.45, 7) is 6.46. The van der Waals surface area contributed by atoms with Gasteiger partial charge in [-0.15, -0.1) is 0 Å². The van der Waals surface area contributed by atoms with Crippen LogP contribution >= 0.6 is 0 Å². The van der Waals surface area contributed by atoms with E-state index in [0.29, 0.717) is 19.5 Å². The molecule has 116 valence electrons. The Balaban J connectivity index is 2.05. The van der Waals surface area contributed by atoms with Crippen LogP contribution < -0.4 is 0 Å². The molecule has 1 aliphatic heterocycles. The molecule has 1 saturated heterocycles. The number of likely N-dealkylation sites (tertiary alicyclic amines) is 1. The van der Waals surface area contributed by atoms with Gasteiger partial charge >= 0.3 is 12.1 Å². The molecule has 8 nitrogen and oxygen atoms in total. The molecule has 0 radical (unpaired) electrons. The molecule has 1 atom stereocenters. The van der Waals surface area contributed by atoms with Gasteiger partial charge in [0.25, 0.3) is 0 Å². The number of amides is 1. The van der Waals surface area contributed by atoms with Crippen LogP contribution in [0, 0.1) is 0 Å². The molecule has 0 spiro atoms. The van der Waals surface area contributed by atoms with Gasteiger partial charge in [-0.05, 0) is 27.2 Å². The minimum absolute atomic E-state index is 0.103. The first-order chi connectivity index (χ1) is 9.81. The third kappa shape index (κ3) is 3.50. The van der Waals surface area contributed by atoms with Gasteiger partial charge in [0.1, 0.15) is 11.9 Å². The summed E-state index contributed by atoms with van der Waals surface area (Å²) >= 11 is 0. The number of nitrogens with zero attached hydrogens (tertiary/aromatic N) is 4. The highest BCUT2D eigenvalue weighted by molar-refractivity contribution is 5.85. The fraction of sp³-hybridized carbons (Fsp3) is 0.692. The average molecular weight is 296 g/mol. The van der Waals surface area contributed by atoms with Gasteiger partial charge in [0, 0.05) is 13.1 Å². The Bertz CT molecular complexity index is 535. The van der Waals surface area contributed by atoms with Crippen molar-refractivity contribution in [2.45, 2.75) is 38.8 Å². The van der Waals surface area contributed by atoms with Crippen molar-refractivity contribution >= 4 is 12.1 Å². The van der Waals surface area contributed by atoms with Gasteiger partial charge in [-0.3, -0.25) is 0 Å². The van der Waals surface area contributed by atoms with Gasteiger partial charge in [-0.25, -0.2) is 19.3 Å². The van der Waals surface area contributed by atoms with E-state index in [2.05, 4.69) is 14.8 Å². The summed E-state index contributed by atoms with van der Waals surface area (Å²) in [5.41, 5.74) is -0.528. The van der Waals surface area contributed by atoms with Crippen molar-refractivity contribution in [1.82, 2.24) is 19.7 Å². The topological polar surface area (TPSA) is 86.5 Å². The Kier molecular flexibility index (Phi) is 4.15. The Morgan fingerprint density at radius 2 is 2.10 bits per heavy atom. The minimum Gasteiger partial charge on any atom is -0.463 e. The molecule has 1 aromatic rings. The van der Waals surface area contributed by atoms with E-state index < -0.39 is 11.6 Å². The number of ether oxygens (including phenoxy) is 2. The Morgan fingerprint density at radius 3 is 2.71 bits per heavy atom. The Labute approximate surface area is 123 Å². The predicted molar refractivity (Wildman–Crippen MR) is 72.8 cm³/mol. The Morgan fingerprint density at radius 1 is 1.38 bits per heavy atom. The molecular formula is C13H20N4O4. The maximum Gasteiger partial charge on any atom is 0.410 e. The lowest BCUT2D eigenvalue weighted by Crippen LogP contribution is -2.35. The molecule has 1 aromatic heterocycles. The second-order valence-electron chi connectivity index (χ2n) is 5.89. The average Bonchev–Trinajstić information content (AvgIpc) is 3.03. The van der Waals surface area contributed by atoms with Crippen molar-refractivity contribution in [2.75, 3.05) is 20.2 Å². The Hall–Kier alpha value is -2.12. The highest BCUT2D eigenvalue weighted by Gasteiger charge is 2.33. The summed E-state index contributed by atoms with van der Waals surface area (Å²) in [7, 11) is 1.29. The third-order valence-corrected chi connectivity index (χ3v) is 3.10. The normalized spacial score (nSPS) is 18.7. The van der Waals surface area contributed by atoms with Gasteiger partial charge in [0.15, 0.2) is 0 Å². The molecule has 1 unspecified atom stereocenters. The van der Waals surface area contributed by atoms with Crippen molar-refractivity contribution in [3.05, 3.63) is 12.2 Å². The van der Waals surface area contributed by atoms with Gasteiger partial charge in [0.05, 0.1) is 13.2 Å². The van der Waals surface area contributed by atoms with Crippen LogP contribution in [0.5, 0.6) is 0 Å². The molecule has 0 saturated carbocycles. The van der Waals surface area contributed by atoms with Crippen molar-refractivity contribution in [1.29, 1.82) is 0 Å². The largest absolute Gasteiger partial charge is 0.463 e. The number of methoxy groups -OCH3 is 1. The van der Waals surface area contributed by atoms with Gasteiger partial charge < -0.3 is 14.4 Å². The maximum absolute atomic E-state index is 12.0.